The molecule has 0 saturated carbocycles. The van der Waals surface area contributed by atoms with Crippen LogP contribution in [0.1, 0.15) is 64.2 Å². The minimum atomic E-state index is 0.121. The van der Waals surface area contributed by atoms with Crippen LogP contribution in [0.25, 0.3) is 0 Å². The van der Waals surface area contributed by atoms with Gasteiger partial charge in [0.15, 0.2) is 0 Å². The van der Waals surface area contributed by atoms with Crippen LogP contribution in [0.4, 0.5) is 0 Å². The van der Waals surface area contributed by atoms with Gasteiger partial charge in [0.2, 0.25) is 11.8 Å². The van der Waals surface area contributed by atoms with Crippen molar-refractivity contribution in [1.82, 2.24) is 10.6 Å². The van der Waals surface area contributed by atoms with Crippen LogP contribution in [0.5, 0.6) is 0 Å². The molecule has 2 amide bonds. The van der Waals surface area contributed by atoms with Gasteiger partial charge in [-0.3, -0.25) is 9.59 Å². The first-order valence-corrected chi connectivity index (χ1v) is 12.4. The van der Waals surface area contributed by atoms with Gasteiger partial charge in [-0.25, -0.2) is 0 Å². The lowest BCUT2D eigenvalue weighted by atomic mass is 10.2. The Morgan fingerprint density at radius 3 is 1.42 bits per heavy atom. The summed E-state index contributed by atoms with van der Waals surface area (Å²) in [6.07, 6.45) is 9.45. The molecule has 6 nitrogen and oxygen atoms in total. The van der Waals surface area contributed by atoms with Crippen molar-refractivity contribution in [3.05, 3.63) is 0 Å². The predicted octanol–water partition coefficient (Wildman–Crippen LogP) is 2.42. The van der Waals surface area contributed by atoms with Gasteiger partial charge < -0.3 is 22.1 Å². The molecule has 8 heteroatoms. The fourth-order valence-corrected chi connectivity index (χ4v) is 4.49. The number of carbonyl (C=O) groups excluding carboxylic acids is 2. The highest BCUT2D eigenvalue weighted by molar-refractivity contribution is 8.76. The topological polar surface area (TPSA) is 110 Å². The molecule has 0 atom stereocenters. The number of carbonyl (C=O) groups is 2. The predicted molar refractivity (Wildman–Crippen MR) is 115 cm³/mol. The van der Waals surface area contributed by atoms with Crippen LogP contribution in [0, 0.1) is 0 Å². The molecule has 0 aliphatic heterocycles. The van der Waals surface area contributed by atoms with Gasteiger partial charge >= 0.3 is 0 Å². The molecule has 6 N–H and O–H groups in total. The van der Waals surface area contributed by atoms with Crippen molar-refractivity contribution in [2.75, 3.05) is 37.7 Å². The summed E-state index contributed by atoms with van der Waals surface area (Å²) in [4.78, 5) is 22.8. The summed E-state index contributed by atoms with van der Waals surface area (Å²) in [5, 5.41) is 5.86. The average Bonchev–Trinajstić information content (AvgIpc) is 2.64. The summed E-state index contributed by atoms with van der Waals surface area (Å²) < 4.78 is 0. The number of unbranched alkanes of at least 4 members (excludes halogenated alkanes) is 4. The molecule has 0 radical (unpaired) electrons. The summed E-state index contributed by atoms with van der Waals surface area (Å²) in [5.41, 5.74) is 10.7. The van der Waals surface area contributed by atoms with E-state index in [0.717, 1.165) is 51.6 Å². The third-order valence-corrected chi connectivity index (χ3v) is 6.33. The molecule has 154 valence electrons. The fourth-order valence-electron chi connectivity index (χ4n) is 2.20. The lowest BCUT2D eigenvalue weighted by Gasteiger charge is -2.05. The number of amides is 2. The summed E-state index contributed by atoms with van der Waals surface area (Å²) in [6.45, 7) is 2.72. The molecule has 0 aliphatic rings. The molecule has 0 aromatic carbocycles. The van der Waals surface area contributed by atoms with Crippen molar-refractivity contribution in [1.29, 1.82) is 0 Å². The Labute approximate surface area is 167 Å². The van der Waals surface area contributed by atoms with Crippen molar-refractivity contribution in [2.24, 2.45) is 11.5 Å². The second-order valence-corrected chi connectivity index (χ2v) is 8.95. The van der Waals surface area contributed by atoms with E-state index >= 15 is 0 Å². The average molecular weight is 407 g/mol. The zero-order valence-corrected chi connectivity index (χ0v) is 17.7. The SMILES string of the molecule is NCCCC(=O)NCCCCCSSCCCCCNC(=O)CCCN. The first-order chi connectivity index (χ1) is 12.7. The molecule has 0 aromatic heterocycles. The van der Waals surface area contributed by atoms with Crippen LogP contribution in [-0.2, 0) is 9.59 Å². The van der Waals surface area contributed by atoms with Crippen molar-refractivity contribution in [3.63, 3.8) is 0 Å². The fraction of sp³-hybridized carbons (Fsp3) is 0.889. The number of rotatable bonds is 19. The molecule has 0 fully saturated rings. The number of hydrogen-bond acceptors (Lipinski definition) is 6. The van der Waals surface area contributed by atoms with E-state index in [2.05, 4.69) is 10.6 Å². The Bertz CT molecular complexity index is 315. The van der Waals surface area contributed by atoms with Crippen LogP contribution < -0.4 is 22.1 Å². The van der Waals surface area contributed by atoms with Gasteiger partial charge in [-0.1, -0.05) is 34.4 Å². The second kappa shape index (κ2) is 20.9. The maximum absolute atomic E-state index is 11.4. The Morgan fingerprint density at radius 2 is 1.04 bits per heavy atom. The van der Waals surface area contributed by atoms with Crippen molar-refractivity contribution >= 4 is 33.4 Å². The summed E-state index contributed by atoms with van der Waals surface area (Å²) >= 11 is 0. The van der Waals surface area contributed by atoms with Gasteiger partial charge in [-0.15, -0.1) is 0 Å². The normalized spacial score (nSPS) is 10.7. The number of hydrogen-bond donors (Lipinski definition) is 4. The molecule has 0 aromatic rings. The molecule has 0 bridgehead atoms. The first-order valence-electron chi connectivity index (χ1n) is 9.88. The van der Waals surface area contributed by atoms with Crippen LogP contribution in [-0.4, -0.2) is 49.5 Å². The van der Waals surface area contributed by atoms with E-state index in [1.165, 1.54) is 24.3 Å². The van der Waals surface area contributed by atoms with E-state index < -0.39 is 0 Å². The minimum absolute atomic E-state index is 0.121. The zero-order valence-electron chi connectivity index (χ0n) is 16.1. The third-order valence-electron chi connectivity index (χ3n) is 3.75. The Morgan fingerprint density at radius 1 is 0.615 bits per heavy atom. The summed E-state index contributed by atoms with van der Waals surface area (Å²) in [5.74, 6) is 2.58. The van der Waals surface area contributed by atoms with E-state index in [9.17, 15) is 9.59 Å². The Kier molecular flexibility index (Phi) is 20.5. The van der Waals surface area contributed by atoms with Crippen LogP contribution >= 0.6 is 21.6 Å². The third kappa shape index (κ3) is 19.9. The maximum Gasteiger partial charge on any atom is 0.220 e. The van der Waals surface area contributed by atoms with Crippen molar-refractivity contribution < 1.29 is 9.59 Å². The van der Waals surface area contributed by atoms with Gasteiger partial charge in [0.05, 0.1) is 0 Å². The largest absolute Gasteiger partial charge is 0.356 e. The van der Waals surface area contributed by atoms with E-state index in [0.29, 0.717) is 25.9 Å². The van der Waals surface area contributed by atoms with Crippen LogP contribution in [0.15, 0.2) is 0 Å². The summed E-state index contributed by atoms with van der Waals surface area (Å²) in [6, 6.07) is 0. The standard InChI is InChI=1S/C18H38N4O2S2/c19-11-7-9-17(23)21-13-3-1-5-15-25-26-16-6-2-4-14-22-18(24)10-8-12-20/h1-16,19-20H2,(H,21,23)(H,22,24). The number of nitrogens with one attached hydrogen (secondary N) is 2. The van der Waals surface area contributed by atoms with E-state index in [1.54, 1.807) is 0 Å². The molecule has 0 rings (SSSR count). The van der Waals surface area contributed by atoms with Gasteiger partial charge in [0.1, 0.15) is 0 Å². The quantitative estimate of drug-likeness (QED) is 0.194. The molecular formula is C18H38N4O2S2. The monoisotopic (exact) mass is 406 g/mol. The molecule has 0 saturated heterocycles. The smallest absolute Gasteiger partial charge is 0.220 e. The van der Waals surface area contributed by atoms with Crippen LogP contribution in [0.2, 0.25) is 0 Å². The lowest BCUT2D eigenvalue weighted by Crippen LogP contribution is -2.24. The maximum atomic E-state index is 11.4. The van der Waals surface area contributed by atoms with Gasteiger partial charge in [-0.05, 0) is 51.6 Å². The summed E-state index contributed by atoms with van der Waals surface area (Å²) in [7, 11) is 3.88. The van der Waals surface area contributed by atoms with Crippen molar-refractivity contribution in [2.45, 2.75) is 64.2 Å². The van der Waals surface area contributed by atoms with E-state index in [-0.39, 0.29) is 11.8 Å². The highest BCUT2D eigenvalue weighted by Crippen LogP contribution is 2.24. The molecule has 0 aliphatic carbocycles. The van der Waals surface area contributed by atoms with Gasteiger partial charge in [0.25, 0.3) is 0 Å². The van der Waals surface area contributed by atoms with Crippen LogP contribution in [0.3, 0.4) is 0 Å². The van der Waals surface area contributed by atoms with E-state index in [1.807, 2.05) is 21.6 Å². The van der Waals surface area contributed by atoms with Gasteiger partial charge in [-0.2, -0.15) is 0 Å². The zero-order chi connectivity index (χ0) is 19.3. The molecule has 26 heavy (non-hydrogen) atoms. The second-order valence-electron chi connectivity index (χ2n) is 6.25. The highest BCUT2D eigenvalue weighted by atomic mass is 33.1. The first kappa shape index (κ1) is 25.6. The lowest BCUT2D eigenvalue weighted by molar-refractivity contribution is -0.122. The van der Waals surface area contributed by atoms with Crippen molar-refractivity contribution in [3.8, 4) is 0 Å². The molecule has 0 spiro atoms. The van der Waals surface area contributed by atoms with E-state index in [4.69, 9.17) is 11.5 Å². The molecular weight excluding hydrogens is 368 g/mol. The number of nitrogens with two attached hydrogens (primary N) is 2. The van der Waals surface area contributed by atoms with Gasteiger partial charge in [0, 0.05) is 37.4 Å². The minimum Gasteiger partial charge on any atom is -0.356 e. The molecule has 0 unspecified atom stereocenters. The molecule has 0 heterocycles. The Hall–Kier alpha value is -0.440. The Balaban J connectivity index is 3.13. The highest BCUT2D eigenvalue weighted by Gasteiger charge is 2.00.